The van der Waals surface area contributed by atoms with Crippen LogP contribution in [0.5, 0.6) is 5.75 Å². The lowest BCUT2D eigenvalue weighted by Crippen LogP contribution is -2.45. The van der Waals surface area contributed by atoms with Gasteiger partial charge in [0.1, 0.15) is 5.75 Å². The van der Waals surface area contributed by atoms with E-state index in [0.29, 0.717) is 40.8 Å². The van der Waals surface area contributed by atoms with Gasteiger partial charge in [0.05, 0.1) is 12.3 Å². The van der Waals surface area contributed by atoms with Gasteiger partial charge in [-0.05, 0) is 31.2 Å². The molecule has 3 aromatic rings. The summed E-state index contributed by atoms with van der Waals surface area (Å²) in [6.07, 6.45) is 0.624. The van der Waals surface area contributed by atoms with Crippen molar-refractivity contribution in [3.63, 3.8) is 0 Å². The van der Waals surface area contributed by atoms with Gasteiger partial charge in [-0.15, -0.1) is 0 Å². The molecule has 0 fully saturated rings. The number of fused-ring (bicyclic) bond motifs is 1. The summed E-state index contributed by atoms with van der Waals surface area (Å²) in [5.74, 6) is -0.123. The fraction of sp³-hybridized carbons (Fsp3) is 0.176. The number of hydrogen-bond donors (Lipinski definition) is 3. The third kappa shape index (κ3) is 4.30. The van der Waals surface area contributed by atoms with Crippen molar-refractivity contribution in [1.29, 1.82) is 0 Å². The van der Waals surface area contributed by atoms with E-state index in [1.807, 2.05) is 0 Å². The number of ether oxygens (including phenoxy) is 1. The molecule has 1 aromatic heterocycles. The third-order valence-electron chi connectivity index (χ3n) is 3.71. The number of carbonyl (C=O) groups is 1. The summed E-state index contributed by atoms with van der Waals surface area (Å²) in [5.41, 5.74) is 5.92. The van der Waals surface area contributed by atoms with E-state index in [1.165, 1.54) is 12.1 Å². The summed E-state index contributed by atoms with van der Waals surface area (Å²) in [6.45, 7) is 0.798. The maximum Gasteiger partial charge on any atom is 0.469 e. The first-order chi connectivity index (χ1) is 13.5. The molecule has 0 saturated heterocycles. The van der Waals surface area contributed by atoms with E-state index >= 15 is 0 Å². The number of anilines is 2. The number of hydrogen-bond acceptors (Lipinski definition) is 6. The van der Waals surface area contributed by atoms with E-state index in [9.17, 15) is 15.2 Å². The van der Waals surface area contributed by atoms with E-state index in [2.05, 4.69) is 15.7 Å². The number of aromatic nitrogens is 3. The molecule has 4 N–H and O–H groups in total. The molecule has 0 unspecified atom stereocenters. The van der Waals surface area contributed by atoms with Crippen molar-refractivity contribution in [2.75, 3.05) is 23.8 Å². The quantitative estimate of drug-likeness (QED) is 0.323. The molecule has 0 radical (unpaired) electrons. The van der Waals surface area contributed by atoms with Crippen LogP contribution in [0.3, 0.4) is 0 Å². The van der Waals surface area contributed by atoms with Crippen molar-refractivity contribution >= 4 is 40.3 Å². The molecule has 0 aliphatic carbocycles. The number of nitrogens with one attached hydrogen (secondary N) is 2. The second kappa shape index (κ2) is 8.55. The highest BCUT2D eigenvalue weighted by molar-refractivity contribution is 6.30. The molecule has 3 rings (SSSR count). The SMILES string of the molecule is NCCCOc1cc(Cl)ccc1NC(=O)Nc1n[n+]([O-])c2ccccc2[n+]1[O-]. The number of nitrogens with zero attached hydrogens (tertiary/aromatic N) is 3. The molecule has 11 heteroatoms. The topological polar surface area (TPSA) is 143 Å². The van der Waals surface area contributed by atoms with Crippen molar-refractivity contribution in [2.45, 2.75) is 6.42 Å². The molecule has 28 heavy (non-hydrogen) atoms. The predicted molar refractivity (Wildman–Crippen MR) is 103 cm³/mol. The van der Waals surface area contributed by atoms with Crippen LogP contribution in [0.15, 0.2) is 42.5 Å². The Kier molecular flexibility index (Phi) is 5.92. The Balaban J connectivity index is 1.80. The van der Waals surface area contributed by atoms with Crippen molar-refractivity contribution < 1.29 is 19.1 Å². The Morgan fingerprint density at radius 2 is 1.93 bits per heavy atom. The minimum absolute atomic E-state index is 0.0695. The zero-order valence-corrected chi connectivity index (χ0v) is 15.3. The number of carbonyl (C=O) groups excluding carboxylic acids is 1. The molecule has 0 bridgehead atoms. The fourth-order valence-corrected chi connectivity index (χ4v) is 2.57. The highest BCUT2D eigenvalue weighted by atomic mass is 35.5. The van der Waals surface area contributed by atoms with Crippen LogP contribution in [0.25, 0.3) is 11.0 Å². The average Bonchev–Trinajstić information content (AvgIpc) is 2.68. The third-order valence-corrected chi connectivity index (χ3v) is 3.94. The average molecular weight is 405 g/mol. The van der Waals surface area contributed by atoms with Crippen LogP contribution >= 0.6 is 11.6 Å². The van der Waals surface area contributed by atoms with Crippen LogP contribution in [0.4, 0.5) is 16.4 Å². The zero-order chi connectivity index (χ0) is 20.1. The normalized spacial score (nSPS) is 10.6. The maximum absolute atomic E-state index is 12.4. The minimum atomic E-state index is -0.779. The Morgan fingerprint density at radius 1 is 1.18 bits per heavy atom. The highest BCUT2D eigenvalue weighted by Crippen LogP contribution is 2.28. The van der Waals surface area contributed by atoms with Gasteiger partial charge >= 0.3 is 12.0 Å². The van der Waals surface area contributed by atoms with Crippen LogP contribution in [0, 0.1) is 10.4 Å². The summed E-state index contributed by atoms with van der Waals surface area (Å²) in [6, 6.07) is 9.98. The molecule has 146 valence electrons. The summed E-state index contributed by atoms with van der Waals surface area (Å²) in [7, 11) is 0. The van der Waals surface area contributed by atoms with Crippen molar-refractivity contribution in [3.05, 3.63) is 57.9 Å². The molecule has 2 amide bonds. The van der Waals surface area contributed by atoms with Gasteiger partial charge in [-0.3, -0.25) is 5.32 Å². The van der Waals surface area contributed by atoms with Gasteiger partial charge in [0, 0.05) is 22.0 Å². The van der Waals surface area contributed by atoms with Crippen molar-refractivity contribution in [2.24, 2.45) is 5.73 Å². The molecule has 0 spiro atoms. The number of rotatable bonds is 6. The van der Waals surface area contributed by atoms with Gasteiger partial charge in [-0.25, -0.2) is 9.52 Å². The van der Waals surface area contributed by atoms with Gasteiger partial charge in [-0.1, -0.05) is 23.7 Å². The standard InChI is InChI=1S/C17H17ClN6O4/c18-11-6-7-12(15(10-11)28-9-3-8-19)20-17(25)21-16-22-24(27)14-5-2-1-4-13(14)23(16)26/h1-2,4-7,10H,3,8-9,19H2,(H2,20,21,22,25). The number of benzene rings is 2. The van der Waals surface area contributed by atoms with E-state index < -0.39 is 12.0 Å². The Bertz CT molecular complexity index is 1020. The fourth-order valence-electron chi connectivity index (χ4n) is 2.41. The zero-order valence-electron chi connectivity index (χ0n) is 14.6. The lowest BCUT2D eigenvalue weighted by molar-refractivity contribution is -0.672. The molecular weight excluding hydrogens is 388 g/mol. The van der Waals surface area contributed by atoms with Crippen LogP contribution in [-0.2, 0) is 0 Å². The number of amides is 2. The van der Waals surface area contributed by atoms with E-state index in [4.69, 9.17) is 22.1 Å². The highest BCUT2D eigenvalue weighted by Gasteiger charge is 2.23. The van der Waals surface area contributed by atoms with Crippen LogP contribution in [0.1, 0.15) is 6.42 Å². The second-order valence-electron chi connectivity index (χ2n) is 5.69. The predicted octanol–water partition coefficient (Wildman–Crippen LogP) is 1.53. The van der Waals surface area contributed by atoms with Gasteiger partial charge in [0.2, 0.25) is 5.10 Å². The molecule has 10 nitrogen and oxygen atoms in total. The maximum atomic E-state index is 12.4. The van der Waals surface area contributed by atoms with Crippen molar-refractivity contribution in [1.82, 2.24) is 5.10 Å². The first-order valence-electron chi connectivity index (χ1n) is 8.32. The van der Waals surface area contributed by atoms with Crippen LogP contribution in [0.2, 0.25) is 5.02 Å². The number of nitrogens with two attached hydrogens (primary N) is 1. The summed E-state index contributed by atoms with van der Waals surface area (Å²) >= 11 is 5.96. The van der Waals surface area contributed by atoms with Crippen LogP contribution in [-0.4, -0.2) is 24.3 Å². The Labute approximate surface area is 164 Å². The smallest absolute Gasteiger partial charge is 0.469 e. The lowest BCUT2D eigenvalue weighted by atomic mass is 10.3. The first-order valence-corrected chi connectivity index (χ1v) is 8.70. The number of para-hydroxylation sites is 2. The summed E-state index contributed by atoms with van der Waals surface area (Å²) < 4.78 is 5.93. The summed E-state index contributed by atoms with van der Waals surface area (Å²) in [4.78, 5) is 12.6. The van der Waals surface area contributed by atoms with E-state index in [1.54, 1.807) is 30.3 Å². The molecule has 0 saturated carbocycles. The van der Waals surface area contributed by atoms with Crippen LogP contribution < -0.4 is 30.7 Å². The van der Waals surface area contributed by atoms with Gasteiger partial charge in [0.15, 0.2) is 5.52 Å². The Hall–Kier alpha value is -3.37. The van der Waals surface area contributed by atoms with E-state index in [0.717, 1.165) is 0 Å². The van der Waals surface area contributed by atoms with Gasteiger partial charge < -0.3 is 20.9 Å². The molecule has 0 aliphatic heterocycles. The molecule has 1 heterocycles. The minimum Gasteiger partial charge on any atom is -0.739 e. The van der Waals surface area contributed by atoms with E-state index in [-0.39, 0.29) is 15.9 Å². The second-order valence-corrected chi connectivity index (χ2v) is 6.13. The van der Waals surface area contributed by atoms with Gasteiger partial charge in [0.25, 0.3) is 5.52 Å². The largest absolute Gasteiger partial charge is 0.739 e. The van der Waals surface area contributed by atoms with Crippen molar-refractivity contribution in [3.8, 4) is 5.75 Å². The monoisotopic (exact) mass is 404 g/mol. The number of halogens is 1. The lowest BCUT2D eigenvalue weighted by Gasteiger charge is -2.13. The number of urea groups is 1. The summed E-state index contributed by atoms with van der Waals surface area (Å²) in [5, 5.41) is 33.1. The first kappa shape index (κ1) is 19.4. The molecular formula is C17H17ClN6O4. The van der Waals surface area contributed by atoms with Gasteiger partial charge in [-0.2, -0.15) is 5.32 Å². The molecule has 2 aromatic carbocycles. The molecule has 0 aliphatic rings. The molecule has 0 atom stereocenters. The Morgan fingerprint density at radius 3 is 2.68 bits per heavy atom.